The minimum absolute atomic E-state index is 0.148. The van der Waals surface area contributed by atoms with E-state index in [1.807, 2.05) is 6.07 Å². The third-order valence-corrected chi connectivity index (χ3v) is 2.91. The Bertz CT molecular complexity index is 338. The van der Waals surface area contributed by atoms with Crippen LogP contribution in [0.5, 0.6) is 0 Å². The highest BCUT2D eigenvalue weighted by atomic mass is 16.3. The van der Waals surface area contributed by atoms with E-state index in [0.29, 0.717) is 6.54 Å². The van der Waals surface area contributed by atoms with E-state index in [0.717, 1.165) is 6.54 Å². The van der Waals surface area contributed by atoms with E-state index in [4.69, 9.17) is 5.73 Å². The summed E-state index contributed by atoms with van der Waals surface area (Å²) in [6.07, 6.45) is -0.439. The molecule has 0 aliphatic carbocycles. The van der Waals surface area contributed by atoms with Crippen LogP contribution in [0.15, 0.2) is 18.2 Å². The van der Waals surface area contributed by atoms with Crippen LogP contribution in [0.1, 0.15) is 17.0 Å². The van der Waals surface area contributed by atoms with Crippen LogP contribution in [0.3, 0.4) is 0 Å². The Morgan fingerprint density at radius 1 is 1.64 bits per heavy atom. The van der Waals surface area contributed by atoms with E-state index < -0.39 is 6.10 Å². The van der Waals surface area contributed by atoms with Gasteiger partial charge in [-0.05, 0) is 18.1 Å². The second kappa shape index (κ2) is 3.59. The van der Waals surface area contributed by atoms with Crippen LogP contribution in [-0.4, -0.2) is 24.3 Å². The number of para-hydroxylation sites is 1. The number of rotatable bonds is 2. The minimum Gasteiger partial charge on any atom is -0.391 e. The molecule has 1 aromatic carbocycles. The van der Waals surface area contributed by atoms with Crippen LogP contribution in [-0.2, 0) is 0 Å². The van der Waals surface area contributed by atoms with Crippen molar-refractivity contribution < 1.29 is 5.11 Å². The first-order valence-electron chi connectivity index (χ1n) is 4.95. The number of benzene rings is 1. The second-order valence-electron chi connectivity index (χ2n) is 3.83. The topological polar surface area (TPSA) is 58.3 Å². The van der Waals surface area contributed by atoms with Crippen molar-refractivity contribution in [1.29, 1.82) is 0 Å². The third-order valence-electron chi connectivity index (χ3n) is 2.91. The molecule has 3 heteroatoms. The lowest BCUT2D eigenvalue weighted by Gasteiger charge is -2.15. The molecular weight excluding hydrogens is 176 g/mol. The molecule has 0 saturated heterocycles. The molecule has 2 rings (SSSR count). The summed E-state index contributed by atoms with van der Waals surface area (Å²) in [5, 5.41) is 13.0. The number of nitrogens with one attached hydrogen (secondary N) is 1. The molecule has 1 aliphatic rings. The number of hydrogen-bond donors (Lipinski definition) is 3. The normalized spacial score (nSPS) is 21.5. The fourth-order valence-electron chi connectivity index (χ4n) is 2.07. The van der Waals surface area contributed by atoms with Gasteiger partial charge in [-0.2, -0.15) is 0 Å². The maximum absolute atomic E-state index is 9.73. The number of anilines is 1. The summed E-state index contributed by atoms with van der Waals surface area (Å²) in [6.45, 7) is 3.18. The Labute approximate surface area is 83.9 Å². The SMILES string of the molecule is Cc1cccc2c1NCC2C(O)CN. The summed E-state index contributed by atoms with van der Waals surface area (Å²) >= 11 is 0. The van der Waals surface area contributed by atoms with E-state index in [2.05, 4.69) is 24.4 Å². The molecule has 0 spiro atoms. The van der Waals surface area contributed by atoms with Crippen molar-refractivity contribution in [1.82, 2.24) is 0 Å². The zero-order valence-corrected chi connectivity index (χ0v) is 8.33. The van der Waals surface area contributed by atoms with Crippen LogP contribution in [0, 0.1) is 6.92 Å². The summed E-state index contributed by atoms with van der Waals surface area (Å²) in [5.74, 6) is 0.148. The van der Waals surface area contributed by atoms with Crippen LogP contribution >= 0.6 is 0 Å². The molecule has 1 aliphatic heterocycles. The van der Waals surface area contributed by atoms with Crippen molar-refractivity contribution in [3.05, 3.63) is 29.3 Å². The summed E-state index contributed by atoms with van der Waals surface area (Å²) in [5.41, 5.74) is 9.07. The fraction of sp³-hybridized carbons (Fsp3) is 0.455. The van der Waals surface area contributed by atoms with Gasteiger partial charge in [0.05, 0.1) is 6.10 Å². The Morgan fingerprint density at radius 3 is 3.14 bits per heavy atom. The van der Waals surface area contributed by atoms with E-state index in [1.54, 1.807) is 0 Å². The molecular formula is C11H16N2O. The zero-order chi connectivity index (χ0) is 10.1. The van der Waals surface area contributed by atoms with Gasteiger partial charge in [0.1, 0.15) is 0 Å². The standard InChI is InChI=1S/C11H16N2O/c1-7-3-2-4-8-9(10(14)5-12)6-13-11(7)8/h2-4,9-10,13-14H,5-6,12H2,1H3. The molecule has 14 heavy (non-hydrogen) atoms. The number of aryl methyl sites for hydroxylation is 1. The number of hydrogen-bond acceptors (Lipinski definition) is 3. The Hall–Kier alpha value is -1.06. The molecule has 76 valence electrons. The van der Waals surface area contributed by atoms with E-state index >= 15 is 0 Å². The third kappa shape index (κ3) is 1.38. The van der Waals surface area contributed by atoms with Gasteiger partial charge in [-0.25, -0.2) is 0 Å². The van der Waals surface area contributed by atoms with Gasteiger partial charge in [0.25, 0.3) is 0 Å². The molecule has 3 nitrogen and oxygen atoms in total. The lowest BCUT2D eigenvalue weighted by molar-refractivity contribution is 0.157. The molecule has 0 fully saturated rings. The predicted octanol–water partition coefficient (Wildman–Crippen LogP) is 0.824. The van der Waals surface area contributed by atoms with E-state index in [1.165, 1.54) is 16.8 Å². The second-order valence-corrected chi connectivity index (χ2v) is 3.83. The molecule has 4 N–H and O–H groups in total. The average molecular weight is 192 g/mol. The van der Waals surface area contributed by atoms with Crippen molar-refractivity contribution in [3.63, 3.8) is 0 Å². The Kier molecular flexibility index (Phi) is 2.44. The molecule has 1 heterocycles. The smallest absolute Gasteiger partial charge is 0.0748 e. The van der Waals surface area contributed by atoms with E-state index in [-0.39, 0.29) is 5.92 Å². The van der Waals surface area contributed by atoms with Gasteiger partial charge in [-0.3, -0.25) is 0 Å². The van der Waals surface area contributed by atoms with Crippen molar-refractivity contribution in [2.24, 2.45) is 5.73 Å². The number of nitrogens with two attached hydrogens (primary N) is 1. The number of aliphatic hydroxyl groups is 1. The summed E-state index contributed by atoms with van der Waals surface area (Å²) in [7, 11) is 0. The van der Waals surface area contributed by atoms with Gasteiger partial charge in [0.2, 0.25) is 0 Å². The maximum atomic E-state index is 9.73. The van der Waals surface area contributed by atoms with Crippen LogP contribution in [0.4, 0.5) is 5.69 Å². The van der Waals surface area contributed by atoms with Gasteiger partial charge in [0.15, 0.2) is 0 Å². The molecule has 0 amide bonds. The highest BCUT2D eigenvalue weighted by Gasteiger charge is 2.28. The molecule has 0 saturated carbocycles. The highest BCUT2D eigenvalue weighted by Crippen LogP contribution is 2.35. The first-order valence-corrected chi connectivity index (χ1v) is 4.95. The van der Waals surface area contributed by atoms with Crippen molar-refractivity contribution in [2.45, 2.75) is 18.9 Å². The molecule has 2 unspecified atom stereocenters. The Balaban J connectivity index is 2.35. The molecule has 0 bridgehead atoms. The van der Waals surface area contributed by atoms with Crippen molar-refractivity contribution in [2.75, 3.05) is 18.4 Å². The lowest BCUT2D eigenvalue weighted by Crippen LogP contribution is -2.28. The largest absolute Gasteiger partial charge is 0.391 e. The molecule has 1 aromatic rings. The summed E-state index contributed by atoms with van der Waals surface area (Å²) < 4.78 is 0. The average Bonchev–Trinajstić information content (AvgIpc) is 2.62. The van der Waals surface area contributed by atoms with E-state index in [9.17, 15) is 5.11 Å². The fourth-order valence-corrected chi connectivity index (χ4v) is 2.07. The quantitative estimate of drug-likeness (QED) is 0.650. The number of aliphatic hydroxyl groups excluding tert-OH is 1. The Morgan fingerprint density at radius 2 is 2.43 bits per heavy atom. The first kappa shape index (κ1) is 9.49. The number of fused-ring (bicyclic) bond motifs is 1. The molecule has 2 atom stereocenters. The molecule has 0 aromatic heterocycles. The van der Waals surface area contributed by atoms with Gasteiger partial charge in [-0.1, -0.05) is 18.2 Å². The maximum Gasteiger partial charge on any atom is 0.0748 e. The van der Waals surface area contributed by atoms with Gasteiger partial charge in [-0.15, -0.1) is 0 Å². The van der Waals surface area contributed by atoms with Crippen molar-refractivity contribution >= 4 is 5.69 Å². The van der Waals surface area contributed by atoms with Crippen LogP contribution in [0.2, 0.25) is 0 Å². The van der Waals surface area contributed by atoms with Crippen molar-refractivity contribution in [3.8, 4) is 0 Å². The molecule has 0 radical (unpaired) electrons. The van der Waals surface area contributed by atoms with Crippen LogP contribution in [0.25, 0.3) is 0 Å². The minimum atomic E-state index is -0.439. The zero-order valence-electron chi connectivity index (χ0n) is 8.33. The summed E-state index contributed by atoms with van der Waals surface area (Å²) in [4.78, 5) is 0. The highest BCUT2D eigenvalue weighted by molar-refractivity contribution is 5.62. The first-order chi connectivity index (χ1) is 6.74. The lowest BCUT2D eigenvalue weighted by atomic mass is 9.94. The van der Waals surface area contributed by atoms with Gasteiger partial charge in [0, 0.05) is 24.7 Å². The monoisotopic (exact) mass is 192 g/mol. The van der Waals surface area contributed by atoms with Gasteiger partial charge < -0.3 is 16.2 Å². The van der Waals surface area contributed by atoms with Gasteiger partial charge >= 0.3 is 0 Å². The van der Waals surface area contributed by atoms with Crippen LogP contribution < -0.4 is 11.1 Å². The summed E-state index contributed by atoms with van der Waals surface area (Å²) in [6, 6.07) is 6.16. The predicted molar refractivity (Wildman–Crippen MR) is 57.5 cm³/mol.